The second kappa shape index (κ2) is 7.21. The minimum absolute atomic E-state index is 0.0577. The third kappa shape index (κ3) is 3.84. The number of nitrogens with two attached hydrogens (primary N) is 1. The van der Waals surface area contributed by atoms with Crippen molar-refractivity contribution in [2.45, 2.75) is 43.0 Å². The first-order valence-electron chi connectivity index (χ1n) is 7.62. The van der Waals surface area contributed by atoms with E-state index in [1.807, 2.05) is 36.4 Å². The van der Waals surface area contributed by atoms with Crippen LogP contribution in [-0.2, 0) is 11.8 Å². The molecule has 0 heterocycles. The van der Waals surface area contributed by atoms with E-state index in [0.29, 0.717) is 0 Å². The molecule has 1 atom stereocenters. The lowest BCUT2D eigenvalue weighted by atomic mass is 9.69. The SMILES string of the molecule is COc1ccc2c(c1)C(C)(C)C(N)CC2.Sc1ccccc1. The molecule has 3 rings (SSSR count). The number of aryl methyl sites for hydroxylation is 1. The maximum Gasteiger partial charge on any atom is 0.119 e. The number of hydrogen-bond donors (Lipinski definition) is 2. The van der Waals surface area contributed by atoms with Crippen molar-refractivity contribution in [1.82, 2.24) is 0 Å². The van der Waals surface area contributed by atoms with Gasteiger partial charge in [0.25, 0.3) is 0 Å². The van der Waals surface area contributed by atoms with Crippen molar-refractivity contribution in [1.29, 1.82) is 0 Å². The predicted molar refractivity (Wildman–Crippen MR) is 96.0 cm³/mol. The van der Waals surface area contributed by atoms with Crippen molar-refractivity contribution in [2.24, 2.45) is 5.73 Å². The van der Waals surface area contributed by atoms with Crippen molar-refractivity contribution in [2.75, 3.05) is 7.11 Å². The van der Waals surface area contributed by atoms with Gasteiger partial charge >= 0.3 is 0 Å². The van der Waals surface area contributed by atoms with Gasteiger partial charge in [-0.1, -0.05) is 38.1 Å². The number of hydrogen-bond acceptors (Lipinski definition) is 3. The van der Waals surface area contributed by atoms with Crippen molar-refractivity contribution < 1.29 is 4.74 Å². The summed E-state index contributed by atoms with van der Waals surface area (Å²) in [7, 11) is 1.71. The number of rotatable bonds is 1. The molecule has 2 nitrogen and oxygen atoms in total. The third-order valence-electron chi connectivity index (χ3n) is 4.42. The van der Waals surface area contributed by atoms with E-state index in [4.69, 9.17) is 10.5 Å². The largest absolute Gasteiger partial charge is 0.497 e. The Kier molecular flexibility index (Phi) is 5.54. The number of benzene rings is 2. The lowest BCUT2D eigenvalue weighted by Crippen LogP contribution is -2.44. The molecule has 22 heavy (non-hydrogen) atoms. The molecule has 3 heteroatoms. The molecular formula is C19H25NOS. The van der Waals surface area contributed by atoms with Crippen LogP contribution in [0.4, 0.5) is 0 Å². The van der Waals surface area contributed by atoms with Crippen LogP contribution in [0, 0.1) is 0 Å². The zero-order chi connectivity index (χ0) is 16.2. The molecule has 0 aliphatic heterocycles. The molecule has 0 saturated heterocycles. The van der Waals surface area contributed by atoms with Gasteiger partial charge in [0.15, 0.2) is 0 Å². The molecular weight excluding hydrogens is 290 g/mol. The van der Waals surface area contributed by atoms with E-state index >= 15 is 0 Å². The molecule has 0 radical (unpaired) electrons. The van der Waals surface area contributed by atoms with Crippen LogP contribution in [0.5, 0.6) is 5.75 Å². The zero-order valence-electron chi connectivity index (χ0n) is 13.5. The van der Waals surface area contributed by atoms with Gasteiger partial charge in [-0.25, -0.2) is 0 Å². The third-order valence-corrected chi connectivity index (χ3v) is 4.72. The summed E-state index contributed by atoms with van der Waals surface area (Å²) in [6.45, 7) is 4.43. The molecule has 0 amide bonds. The second-order valence-electron chi connectivity index (χ2n) is 6.23. The monoisotopic (exact) mass is 315 g/mol. The maximum absolute atomic E-state index is 6.18. The van der Waals surface area contributed by atoms with Gasteiger partial charge in [-0.3, -0.25) is 0 Å². The van der Waals surface area contributed by atoms with E-state index in [-0.39, 0.29) is 11.5 Å². The van der Waals surface area contributed by atoms with Gasteiger partial charge in [-0.05, 0) is 48.2 Å². The van der Waals surface area contributed by atoms with E-state index in [0.717, 1.165) is 23.5 Å². The Morgan fingerprint density at radius 2 is 1.82 bits per heavy atom. The first kappa shape index (κ1) is 16.9. The fraction of sp³-hybridized carbons (Fsp3) is 0.368. The molecule has 2 aromatic rings. The summed E-state index contributed by atoms with van der Waals surface area (Å²) in [4.78, 5) is 1.02. The number of ether oxygens (including phenoxy) is 1. The van der Waals surface area contributed by atoms with Crippen LogP contribution in [-0.4, -0.2) is 13.2 Å². The van der Waals surface area contributed by atoms with Crippen LogP contribution >= 0.6 is 12.6 Å². The molecule has 1 aliphatic rings. The average Bonchev–Trinajstić information content (AvgIpc) is 2.52. The summed E-state index contributed by atoms with van der Waals surface area (Å²) in [6.07, 6.45) is 2.16. The van der Waals surface area contributed by atoms with Crippen LogP contribution in [0.25, 0.3) is 0 Å². The topological polar surface area (TPSA) is 35.2 Å². The Bertz CT molecular complexity index is 610. The van der Waals surface area contributed by atoms with Crippen molar-refractivity contribution in [3.05, 3.63) is 59.7 Å². The molecule has 1 aliphatic carbocycles. The summed E-state index contributed by atoms with van der Waals surface area (Å²) in [6, 6.07) is 16.4. The molecule has 0 bridgehead atoms. The van der Waals surface area contributed by atoms with Crippen LogP contribution < -0.4 is 10.5 Å². The Morgan fingerprint density at radius 1 is 1.14 bits per heavy atom. The first-order chi connectivity index (χ1) is 10.4. The molecule has 1 unspecified atom stereocenters. The maximum atomic E-state index is 6.18. The quantitative estimate of drug-likeness (QED) is 0.773. The minimum atomic E-state index is 0.0577. The fourth-order valence-electron chi connectivity index (χ4n) is 2.80. The normalized spacial score (nSPS) is 18.7. The Balaban J connectivity index is 0.000000211. The lowest BCUT2D eigenvalue weighted by Gasteiger charge is -2.38. The van der Waals surface area contributed by atoms with Crippen LogP contribution in [0.15, 0.2) is 53.4 Å². The Morgan fingerprint density at radius 3 is 2.36 bits per heavy atom. The van der Waals surface area contributed by atoms with E-state index in [1.165, 1.54) is 11.1 Å². The predicted octanol–water partition coefficient (Wildman–Crippen LogP) is 4.22. The Hall–Kier alpha value is -1.45. The molecule has 118 valence electrons. The van der Waals surface area contributed by atoms with Gasteiger partial charge in [0.2, 0.25) is 0 Å². The summed E-state index contributed by atoms with van der Waals surface area (Å²) in [5.74, 6) is 0.927. The summed E-state index contributed by atoms with van der Waals surface area (Å²) in [5, 5.41) is 0. The van der Waals surface area contributed by atoms with Crippen LogP contribution in [0.1, 0.15) is 31.4 Å². The van der Waals surface area contributed by atoms with E-state index < -0.39 is 0 Å². The molecule has 0 aromatic heterocycles. The van der Waals surface area contributed by atoms with E-state index in [2.05, 4.69) is 38.6 Å². The second-order valence-corrected chi connectivity index (χ2v) is 6.74. The van der Waals surface area contributed by atoms with Gasteiger partial charge in [-0.2, -0.15) is 0 Å². The zero-order valence-corrected chi connectivity index (χ0v) is 14.4. The van der Waals surface area contributed by atoms with Crippen molar-refractivity contribution in [3.8, 4) is 5.75 Å². The first-order valence-corrected chi connectivity index (χ1v) is 8.07. The minimum Gasteiger partial charge on any atom is -0.497 e. The fourth-order valence-corrected chi connectivity index (χ4v) is 2.97. The summed E-state index contributed by atoms with van der Waals surface area (Å²) < 4.78 is 5.27. The highest BCUT2D eigenvalue weighted by molar-refractivity contribution is 7.80. The molecule has 0 saturated carbocycles. The van der Waals surface area contributed by atoms with Gasteiger partial charge in [0.1, 0.15) is 5.75 Å². The molecule has 0 spiro atoms. The average molecular weight is 315 g/mol. The number of thiol groups is 1. The van der Waals surface area contributed by atoms with Gasteiger partial charge in [0.05, 0.1) is 7.11 Å². The summed E-state index contributed by atoms with van der Waals surface area (Å²) in [5.41, 5.74) is 9.00. The van der Waals surface area contributed by atoms with Crippen LogP contribution in [0.3, 0.4) is 0 Å². The molecule has 2 N–H and O–H groups in total. The van der Waals surface area contributed by atoms with Gasteiger partial charge in [-0.15, -0.1) is 12.6 Å². The highest BCUT2D eigenvalue weighted by Crippen LogP contribution is 2.37. The Labute approximate surface area is 139 Å². The van der Waals surface area contributed by atoms with Gasteiger partial charge < -0.3 is 10.5 Å². The lowest BCUT2D eigenvalue weighted by molar-refractivity contribution is 0.359. The van der Waals surface area contributed by atoms with E-state index in [9.17, 15) is 0 Å². The number of methoxy groups -OCH3 is 1. The van der Waals surface area contributed by atoms with Crippen molar-refractivity contribution in [3.63, 3.8) is 0 Å². The van der Waals surface area contributed by atoms with Crippen LogP contribution in [0.2, 0.25) is 0 Å². The highest BCUT2D eigenvalue weighted by Gasteiger charge is 2.34. The smallest absolute Gasteiger partial charge is 0.119 e. The van der Waals surface area contributed by atoms with Crippen molar-refractivity contribution >= 4 is 12.6 Å². The standard InChI is InChI=1S/C13H19NO.C6H6S/c1-13(2)11-8-10(15-3)6-4-9(11)5-7-12(13)14;7-6-4-2-1-3-5-6/h4,6,8,12H,5,7,14H2,1-3H3;1-5,7H. The number of fused-ring (bicyclic) bond motifs is 1. The molecule has 0 fully saturated rings. The molecule has 2 aromatic carbocycles. The summed E-state index contributed by atoms with van der Waals surface area (Å²) >= 11 is 4.08. The highest BCUT2D eigenvalue weighted by atomic mass is 32.1. The van der Waals surface area contributed by atoms with E-state index in [1.54, 1.807) is 7.11 Å². The van der Waals surface area contributed by atoms with Gasteiger partial charge in [0, 0.05) is 16.4 Å².